The van der Waals surface area contributed by atoms with Gasteiger partial charge in [0.1, 0.15) is 5.75 Å². The van der Waals surface area contributed by atoms with Gasteiger partial charge in [0, 0.05) is 5.56 Å². The molecule has 5 nitrogen and oxygen atoms in total. The third-order valence-electron chi connectivity index (χ3n) is 3.28. The lowest BCUT2D eigenvalue weighted by Gasteiger charge is -2.09. The van der Waals surface area contributed by atoms with E-state index >= 15 is 0 Å². The Balaban J connectivity index is 2.04. The third kappa shape index (κ3) is 2.37. The maximum Gasteiger partial charge on any atom is 0.221 e. The Morgan fingerprint density at radius 2 is 2.00 bits per heavy atom. The largest absolute Gasteiger partial charge is 0.495 e. The molecule has 3 rings (SSSR count). The van der Waals surface area contributed by atoms with Gasteiger partial charge in [-0.25, -0.2) is 0 Å². The second-order valence-electron chi connectivity index (χ2n) is 4.54. The minimum atomic E-state index is -0.224. The summed E-state index contributed by atoms with van der Waals surface area (Å²) in [6, 6.07) is 6.84. The predicted octanol–water partition coefficient (Wildman–Crippen LogP) is 3.94. The molecule has 0 bridgehead atoms. The fraction of sp³-hybridized carbons (Fsp3) is 0.118. The Kier molecular flexibility index (Phi) is 3.70. The Hall–Kier alpha value is -2.95. The minimum Gasteiger partial charge on any atom is -0.495 e. The number of fused-ring (bicyclic) bond motifs is 1. The molecule has 0 saturated heterocycles. The zero-order chi connectivity index (χ0) is 15.5. The summed E-state index contributed by atoms with van der Waals surface area (Å²) in [6.07, 6.45) is 6.13. The van der Waals surface area contributed by atoms with Gasteiger partial charge in [-0.3, -0.25) is 4.79 Å². The van der Waals surface area contributed by atoms with Crippen LogP contribution in [0.15, 0.2) is 51.7 Å². The number of carbonyl (C=O) groups excluding carboxylic acids is 1. The lowest BCUT2D eigenvalue weighted by atomic mass is 10.1. The summed E-state index contributed by atoms with van der Waals surface area (Å²) in [4.78, 5) is 12.0. The first-order valence-electron chi connectivity index (χ1n) is 6.62. The lowest BCUT2D eigenvalue weighted by Crippen LogP contribution is -1.93. The molecule has 0 spiro atoms. The SMILES string of the molecule is COc1c(/C=C/C(=O)c2ccco2)cc(OC)c2occc12. The second-order valence-corrected chi connectivity index (χ2v) is 4.54. The van der Waals surface area contributed by atoms with E-state index in [-0.39, 0.29) is 11.5 Å². The van der Waals surface area contributed by atoms with Gasteiger partial charge < -0.3 is 18.3 Å². The highest BCUT2D eigenvalue weighted by molar-refractivity contribution is 6.05. The number of benzene rings is 1. The van der Waals surface area contributed by atoms with Crippen LogP contribution in [0.25, 0.3) is 17.0 Å². The molecule has 0 saturated carbocycles. The van der Waals surface area contributed by atoms with E-state index in [2.05, 4.69) is 0 Å². The summed E-state index contributed by atoms with van der Waals surface area (Å²) in [5, 5.41) is 0.784. The number of rotatable bonds is 5. The van der Waals surface area contributed by atoms with Crippen molar-refractivity contribution in [3.8, 4) is 11.5 Å². The predicted molar refractivity (Wildman–Crippen MR) is 81.4 cm³/mol. The van der Waals surface area contributed by atoms with Gasteiger partial charge in [0.2, 0.25) is 5.78 Å². The maximum atomic E-state index is 12.0. The highest BCUT2D eigenvalue weighted by Gasteiger charge is 2.15. The Morgan fingerprint density at radius 1 is 1.14 bits per heavy atom. The maximum absolute atomic E-state index is 12.0. The van der Waals surface area contributed by atoms with Gasteiger partial charge in [-0.05, 0) is 36.4 Å². The summed E-state index contributed by atoms with van der Waals surface area (Å²) in [7, 11) is 3.13. The van der Waals surface area contributed by atoms with E-state index in [4.69, 9.17) is 18.3 Å². The number of hydrogen-bond donors (Lipinski definition) is 0. The van der Waals surface area contributed by atoms with Crippen LogP contribution in [0, 0.1) is 0 Å². The van der Waals surface area contributed by atoms with Gasteiger partial charge in [0.25, 0.3) is 0 Å². The summed E-state index contributed by atoms with van der Waals surface area (Å²) in [6.45, 7) is 0. The van der Waals surface area contributed by atoms with Crippen LogP contribution in [0.4, 0.5) is 0 Å². The molecule has 0 fully saturated rings. The Labute approximate surface area is 126 Å². The summed E-state index contributed by atoms with van der Waals surface area (Å²) < 4.78 is 21.2. The molecule has 22 heavy (non-hydrogen) atoms. The number of hydrogen-bond acceptors (Lipinski definition) is 5. The second kappa shape index (κ2) is 5.81. The molecule has 0 radical (unpaired) electrons. The molecular formula is C17H14O5. The molecule has 0 aliphatic rings. The molecule has 1 aromatic carbocycles. The molecule has 2 aromatic heterocycles. The summed E-state index contributed by atoms with van der Waals surface area (Å²) in [5.74, 6) is 1.25. The van der Waals surface area contributed by atoms with Crippen LogP contribution >= 0.6 is 0 Å². The Bertz CT molecular complexity index is 824. The molecule has 0 amide bonds. The average Bonchev–Trinajstić information content (AvgIpc) is 3.22. The first kappa shape index (κ1) is 14.0. The van der Waals surface area contributed by atoms with Crippen molar-refractivity contribution in [1.29, 1.82) is 0 Å². The smallest absolute Gasteiger partial charge is 0.221 e. The van der Waals surface area contributed by atoms with E-state index < -0.39 is 0 Å². The highest BCUT2D eigenvalue weighted by atomic mass is 16.5. The molecule has 3 aromatic rings. The van der Waals surface area contributed by atoms with Gasteiger partial charge in [-0.1, -0.05) is 0 Å². The number of carbonyl (C=O) groups is 1. The Morgan fingerprint density at radius 3 is 2.68 bits per heavy atom. The van der Waals surface area contributed by atoms with E-state index in [1.54, 1.807) is 50.8 Å². The van der Waals surface area contributed by atoms with Gasteiger partial charge in [0.05, 0.1) is 32.1 Å². The molecule has 0 aliphatic heterocycles. The minimum absolute atomic E-state index is 0.224. The molecule has 112 valence electrons. The summed E-state index contributed by atoms with van der Waals surface area (Å²) in [5.41, 5.74) is 1.32. The van der Waals surface area contributed by atoms with Crippen LogP contribution in [0.1, 0.15) is 16.1 Å². The van der Waals surface area contributed by atoms with Crippen molar-refractivity contribution < 1.29 is 23.1 Å². The van der Waals surface area contributed by atoms with Crippen LogP contribution in [-0.4, -0.2) is 20.0 Å². The van der Waals surface area contributed by atoms with E-state index in [1.165, 1.54) is 12.3 Å². The first-order valence-corrected chi connectivity index (χ1v) is 6.62. The fourth-order valence-corrected chi connectivity index (χ4v) is 2.28. The number of allylic oxidation sites excluding steroid dienone is 1. The van der Waals surface area contributed by atoms with Crippen molar-refractivity contribution in [3.05, 3.63) is 54.2 Å². The van der Waals surface area contributed by atoms with Crippen molar-refractivity contribution in [1.82, 2.24) is 0 Å². The van der Waals surface area contributed by atoms with Crippen molar-refractivity contribution >= 4 is 22.8 Å². The molecule has 2 heterocycles. The van der Waals surface area contributed by atoms with Crippen molar-refractivity contribution in [2.45, 2.75) is 0 Å². The van der Waals surface area contributed by atoms with Crippen molar-refractivity contribution in [3.63, 3.8) is 0 Å². The highest BCUT2D eigenvalue weighted by Crippen LogP contribution is 2.38. The average molecular weight is 298 g/mol. The van der Waals surface area contributed by atoms with Crippen LogP contribution in [0.2, 0.25) is 0 Å². The third-order valence-corrected chi connectivity index (χ3v) is 3.28. The van der Waals surface area contributed by atoms with Gasteiger partial charge in [-0.15, -0.1) is 0 Å². The molecule has 0 N–H and O–H groups in total. The fourth-order valence-electron chi connectivity index (χ4n) is 2.28. The van der Waals surface area contributed by atoms with Crippen molar-refractivity contribution in [2.75, 3.05) is 14.2 Å². The quantitative estimate of drug-likeness (QED) is 0.527. The molecule has 5 heteroatoms. The zero-order valence-corrected chi connectivity index (χ0v) is 12.2. The number of ketones is 1. The van der Waals surface area contributed by atoms with Crippen LogP contribution in [0.3, 0.4) is 0 Å². The van der Waals surface area contributed by atoms with Crippen LogP contribution in [0.5, 0.6) is 11.5 Å². The molecule has 0 unspecified atom stereocenters. The van der Waals surface area contributed by atoms with Gasteiger partial charge >= 0.3 is 0 Å². The van der Waals surface area contributed by atoms with E-state index in [0.717, 1.165) is 5.39 Å². The van der Waals surface area contributed by atoms with Gasteiger partial charge in [0.15, 0.2) is 17.1 Å². The molecule has 0 atom stereocenters. The number of ether oxygens (including phenoxy) is 2. The number of furan rings is 2. The first-order chi connectivity index (χ1) is 10.7. The standard InChI is InChI=1S/C17H14O5/c1-19-15-10-11(5-6-13(18)14-4-3-8-21-14)16(20-2)12-7-9-22-17(12)15/h3-10H,1-2H3/b6-5+. The molecule has 0 aliphatic carbocycles. The monoisotopic (exact) mass is 298 g/mol. The summed E-state index contributed by atoms with van der Waals surface area (Å²) >= 11 is 0. The molecular weight excluding hydrogens is 284 g/mol. The van der Waals surface area contributed by atoms with Crippen molar-refractivity contribution in [2.24, 2.45) is 0 Å². The topological polar surface area (TPSA) is 61.8 Å². The zero-order valence-electron chi connectivity index (χ0n) is 12.2. The van der Waals surface area contributed by atoms with Crippen LogP contribution in [-0.2, 0) is 0 Å². The van der Waals surface area contributed by atoms with Gasteiger partial charge in [-0.2, -0.15) is 0 Å². The van der Waals surface area contributed by atoms with Crippen LogP contribution < -0.4 is 9.47 Å². The lowest BCUT2D eigenvalue weighted by molar-refractivity contribution is 0.102. The normalized spacial score (nSPS) is 11.2. The van der Waals surface area contributed by atoms with E-state index in [0.29, 0.717) is 22.6 Å². The van der Waals surface area contributed by atoms with E-state index in [9.17, 15) is 4.79 Å². The number of methoxy groups -OCH3 is 2. The van der Waals surface area contributed by atoms with E-state index in [1.807, 2.05) is 0 Å².